The van der Waals surface area contributed by atoms with Crippen LogP contribution in [0, 0.1) is 24.5 Å². The third-order valence-corrected chi connectivity index (χ3v) is 4.55. The fraction of sp³-hybridized carbons (Fsp3) is 0.273. The van der Waals surface area contributed by atoms with Gasteiger partial charge in [-0.15, -0.1) is 0 Å². The van der Waals surface area contributed by atoms with Gasteiger partial charge in [0.15, 0.2) is 5.82 Å². The number of carbonyl (C=O) groups is 1. The van der Waals surface area contributed by atoms with E-state index in [-0.39, 0.29) is 11.4 Å². The summed E-state index contributed by atoms with van der Waals surface area (Å²) < 4.78 is 34.4. The van der Waals surface area contributed by atoms with Gasteiger partial charge in [-0.25, -0.2) is 8.78 Å². The number of amides is 1. The normalized spacial score (nSPS) is 11.0. The molecule has 3 aromatic rings. The van der Waals surface area contributed by atoms with Gasteiger partial charge in [0.2, 0.25) is 0 Å². The molecule has 0 radical (unpaired) electrons. The Hall–Kier alpha value is -2.93. The summed E-state index contributed by atoms with van der Waals surface area (Å²) in [6, 6.07) is 9.84. The lowest BCUT2D eigenvalue weighted by Crippen LogP contribution is -2.15. The Labute approximate surface area is 178 Å². The van der Waals surface area contributed by atoms with E-state index in [9.17, 15) is 13.6 Å². The maximum Gasteiger partial charge on any atom is 0.259 e. The van der Waals surface area contributed by atoms with Crippen LogP contribution in [0.4, 0.5) is 14.6 Å². The van der Waals surface area contributed by atoms with Gasteiger partial charge in [0, 0.05) is 28.4 Å². The van der Waals surface area contributed by atoms with Crippen molar-refractivity contribution < 1.29 is 18.3 Å². The SMILES string of the molecule is Cc1cc(NC(=O)c2ccc(F)cc2F)nn1Cc1cc(Cl)ccc1OCC(C)C. The lowest BCUT2D eigenvalue weighted by Gasteiger charge is -2.14. The van der Waals surface area contributed by atoms with E-state index < -0.39 is 17.5 Å². The van der Waals surface area contributed by atoms with Crippen molar-refractivity contribution in [1.82, 2.24) is 9.78 Å². The fourth-order valence-electron chi connectivity index (χ4n) is 2.82. The van der Waals surface area contributed by atoms with Crippen LogP contribution in [0.5, 0.6) is 5.75 Å². The third kappa shape index (κ3) is 5.36. The minimum atomic E-state index is -0.936. The number of hydrogen-bond acceptors (Lipinski definition) is 3. The lowest BCUT2D eigenvalue weighted by atomic mass is 10.2. The minimum Gasteiger partial charge on any atom is -0.493 e. The summed E-state index contributed by atoms with van der Waals surface area (Å²) in [5, 5.41) is 7.49. The first-order chi connectivity index (χ1) is 14.2. The van der Waals surface area contributed by atoms with Crippen LogP contribution in [-0.4, -0.2) is 22.3 Å². The van der Waals surface area contributed by atoms with Gasteiger partial charge in [0.05, 0.1) is 18.7 Å². The number of aryl methyl sites for hydroxylation is 1. The molecule has 0 atom stereocenters. The van der Waals surface area contributed by atoms with Crippen molar-refractivity contribution in [2.24, 2.45) is 5.92 Å². The second-order valence-electron chi connectivity index (χ2n) is 7.36. The summed E-state index contributed by atoms with van der Waals surface area (Å²) in [5.74, 6) is -1.06. The number of carbonyl (C=O) groups excluding carboxylic acids is 1. The zero-order valence-corrected chi connectivity index (χ0v) is 17.6. The Morgan fingerprint density at radius 1 is 1.20 bits per heavy atom. The van der Waals surface area contributed by atoms with Gasteiger partial charge >= 0.3 is 0 Å². The maximum absolute atomic E-state index is 13.8. The van der Waals surface area contributed by atoms with Crippen molar-refractivity contribution in [3.05, 3.63) is 75.9 Å². The van der Waals surface area contributed by atoms with E-state index in [1.807, 2.05) is 19.1 Å². The Bertz CT molecular complexity index is 1070. The van der Waals surface area contributed by atoms with Crippen LogP contribution in [0.3, 0.4) is 0 Å². The number of rotatable bonds is 7. The highest BCUT2D eigenvalue weighted by Gasteiger charge is 2.16. The average Bonchev–Trinajstić information content (AvgIpc) is 2.99. The largest absolute Gasteiger partial charge is 0.493 e. The smallest absolute Gasteiger partial charge is 0.259 e. The summed E-state index contributed by atoms with van der Waals surface area (Å²) in [4.78, 5) is 12.3. The van der Waals surface area contributed by atoms with E-state index in [2.05, 4.69) is 24.3 Å². The van der Waals surface area contributed by atoms with Crippen LogP contribution < -0.4 is 10.1 Å². The molecular weight excluding hydrogens is 412 g/mol. The van der Waals surface area contributed by atoms with E-state index in [1.54, 1.807) is 16.8 Å². The highest BCUT2D eigenvalue weighted by molar-refractivity contribution is 6.30. The zero-order valence-electron chi connectivity index (χ0n) is 16.9. The molecule has 0 aliphatic rings. The third-order valence-electron chi connectivity index (χ3n) is 4.31. The molecule has 8 heteroatoms. The highest BCUT2D eigenvalue weighted by Crippen LogP contribution is 2.25. The van der Waals surface area contributed by atoms with Crippen LogP contribution in [-0.2, 0) is 6.54 Å². The molecule has 0 bridgehead atoms. The molecule has 0 aliphatic heterocycles. The molecule has 30 heavy (non-hydrogen) atoms. The van der Waals surface area contributed by atoms with E-state index in [4.69, 9.17) is 16.3 Å². The molecule has 2 aromatic carbocycles. The van der Waals surface area contributed by atoms with Crippen LogP contribution in [0.1, 0.15) is 35.5 Å². The predicted octanol–water partition coefficient (Wildman–Crippen LogP) is 5.46. The molecule has 0 saturated carbocycles. The zero-order chi connectivity index (χ0) is 21.8. The standard InChI is InChI=1S/C22H22ClF2N3O2/c1-13(2)12-30-20-7-4-16(23)9-15(20)11-28-14(3)8-21(27-28)26-22(29)18-6-5-17(24)10-19(18)25/h4-10,13H,11-12H2,1-3H3,(H,26,27,29). The lowest BCUT2D eigenvalue weighted by molar-refractivity contribution is 0.102. The number of nitrogens with zero attached hydrogens (tertiary/aromatic N) is 2. The number of benzene rings is 2. The quantitative estimate of drug-likeness (QED) is 0.538. The molecule has 1 heterocycles. The molecule has 1 N–H and O–H groups in total. The summed E-state index contributed by atoms with van der Waals surface area (Å²) in [6.45, 7) is 6.90. The molecular formula is C22H22ClF2N3O2. The summed E-state index contributed by atoms with van der Waals surface area (Å²) in [5.41, 5.74) is 1.36. The first-order valence-corrected chi connectivity index (χ1v) is 9.83. The maximum atomic E-state index is 13.8. The average molecular weight is 434 g/mol. The second-order valence-corrected chi connectivity index (χ2v) is 7.80. The van der Waals surface area contributed by atoms with Gasteiger partial charge in [-0.1, -0.05) is 25.4 Å². The molecule has 158 valence electrons. The minimum absolute atomic E-state index is 0.257. The van der Waals surface area contributed by atoms with Crippen molar-refractivity contribution in [3.63, 3.8) is 0 Å². The number of halogens is 3. The van der Waals surface area contributed by atoms with Crippen LogP contribution in [0.25, 0.3) is 0 Å². The summed E-state index contributed by atoms with van der Waals surface area (Å²) in [7, 11) is 0. The number of hydrogen-bond donors (Lipinski definition) is 1. The monoisotopic (exact) mass is 433 g/mol. The van der Waals surface area contributed by atoms with Crippen molar-refractivity contribution in [3.8, 4) is 5.75 Å². The first-order valence-electron chi connectivity index (χ1n) is 9.45. The number of aromatic nitrogens is 2. The van der Waals surface area contributed by atoms with E-state index >= 15 is 0 Å². The van der Waals surface area contributed by atoms with Crippen molar-refractivity contribution in [2.45, 2.75) is 27.3 Å². The number of ether oxygens (including phenoxy) is 1. The Morgan fingerprint density at radius 3 is 2.67 bits per heavy atom. The summed E-state index contributed by atoms with van der Waals surface area (Å²) >= 11 is 6.15. The van der Waals surface area contributed by atoms with Gasteiger partial charge in [0.25, 0.3) is 5.91 Å². The van der Waals surface area contributed by atoms with Gasteiger partial charge in [-0.05, 0) is 43.2 Å². The van der Waals surface area contributed by atoms with Crippen LogP contribution in [0.2, 0.25) is 5.02 Å². The highest BCUT2D eigenvalue weighted by atomic mass is 35.5. The van der Waals surface area contributed by atoms with Crippen molar-refractivity contribution in [2.75, 3.05) is 11.9 Å². The fourth-order valence-corrected chi connectivity index (χ4v) is 3.01. The first kappa shape index (κ1) is 21.8. The molecule has 1 aromatic heterocycles. The number of anilines is 1. The second kappa shape index (κ2) is 9.26. The molecule has 0 fully saturated rings. The topological polar surface area (TPSA) is 56.2 Å². The van der Waals surface area contributed by atoms with Crippen LogP contribution >= 0.6 is 11.6 Å². The molecule has 0 saturated heterocycles. The Balaban J connectivity index is 1.78. The Morgan fingerprint density at radius 2 is 1.97 bits per heavy atom. The van der Waals surface area contributed by atoms with Gasteiger partial charge in [-0.3, -0.25) is 9.48 Å². The predicted molar refractivity (Wildman–Crippen MR) is 112 cm³/mol. The molecule has 3 rings (SSSR count). The van der Waals surface area contributed by atoms with Gasteiger partial charge in [0.1, 0.15) is 17.4 Å². The molecule has 0 unspecified atom stereocenters. The molecule has 0 spiro atoms. The van der Waals surface area contributed by atoms with Gasteiger partial charge < -0.3 is 10.1 Å². The Kier molecular flexibility index (Phi) is 6.72. The molecule has 1 amide bonds. The summed E-state index contributed by atoms with van der Waals surface area (Å²) in [6.07, 6.45) is 0. The van der Waals surface area contributed by atoms with Crippen molar-refractivity contribution in [1.29, 1.82) is 0 Å². The van der Waals surface area contributed by atoms with Gasteiger partial charge in [-0.2, -0.15) is 5.10 Å². The van der Waals surface area contributed by atoms with E-state index in [0.29, 0.717) is 35.9 Å². The van der Waals surface area contributed by atoms with E-state index in [0.717, 1.165) is 23.4 Å². The molecule has 5 nitrogen and oxygen atoms in total. The van der Waals surface area contributed by atoms with Crippen molar-refractivity contribution >= 4 is 23.3 Å². The van der Waals surface area contributed by atoms with E-state index in [1.165, 1.54) is 0 Å². The van der Waals surface area contributed by atoms with Crippen LogP contribution in [0.15, 0.2) is 42.5 Å². The molecule has 0 aliphatic carbocycles. The number of nitrogens with one attached hydrogen (secondary N) is 1.